The van der Waals surface area contributed by atoms with E-state index in [-0.39, 0.29) is 29.8 Å². The van der Waals surface area contributed by atoms with Gasteiger partial charge in [-0.15, -0.1) is 0 Å². The van der Waals surface area contributed by atoms with Crippen LogP contribution in [0, 0.1) is 18.3 Å². The maximum Gasteiger partial charge on any atom is 0.338 e. The lowest BCUT2D eigenvalue weighted by molar-refractivity contribution is 0.0151. The zero-order chi connectivity index (χ0) is 23.6. The van der Waals surface area contributed by atoms with Crippen LogP contribution in [-0.4, -0.2) is 48.0 Å². The van der Waals surface area contributed by atoms with Gasteiger partial charge in [-0.3, -0.25) is 9.48 Å². The number of benzene rings is 1. The van der Waals surface area contributed by atoms with Crippen molar-refractivity contribution in [2.24, 2.45) is 11.3 Å². The molecule has 1 aromatic heterocycles. The smallest absolute Gasteiger partial charge is 0.338 e. The van der Waals surface area contributed by atoms with Crippen molar-refractivity contribution in [2.45, 2.75) is 53.0 Å². The summed E-state index contributed by atoms with van der Waals surface area (Å²) in [4.78, 5) is 25.5. The molecule has 0 bridgehead atoms. The molecule has 0 aliphatic carbocycles. The number of nitrogens with one attached hydrogen (secondary N) is 1. The summed E-state index contributed by atoms with van der Waals surface area (Å²) in [5.41, 5.74) is 3.74. The van der Waals surface area contributed by atoms with Gasteiger partial charge in [-0.05, 0) is 55.7 Å². The second-order valence-electron chi connectivity index (χ2n) is 9.39. The Balaban J connectivity index is 1.50. The first kappa shape index (κ1) is 23.8. The molecule has 1 atom stereocenters. The van der Waals surface area contributed by atoms with Gasteiger partial charge in [0.15, 0.2) is 0 Å². The molecule has 1 fully saturated rings. The van der Waals surface area contributed by atoms with Crippen LogP contribution in [0.15, 0.2) is 18.2 Å². The van der Waals surface area contributed by atoms with Gasteiger partial charge in [0.1, 0.15) is 0 Å². The van der Waals surface area contributed by atoms with Crippen LogP contribution in [-0.2, 0) is 28.9 Å². The molecule has 0 saturated carbocycles. The number of aromatic nitrogens is 2. The lowest BCUT2D eigenvalue weighted by atomic mass is 9.76. The number of fused-ring (bicyclic) bond motifs is 1. The predicted molar refractivity (Wildman–Crippen MR) is 126 cm³/mol. The number of esters is 1. The van der Waals surface area contributed by atoms with Crippen LogP contribution < -0.4 is 5.32 Å². The van der Waals surface area contributed by atoms with Crippen LogP contribution in [0.5, 0.6) is 0 Å². The number of rotatable bonds is 6. The minimum Gasteiger partial charge on any atom is -0.462 e. The van der Waals surface area contributed by atoms with Crippen molar-refractivity contribution in [3.63, 3.8) is 0 Å². The molecule has 7 nitrogen and oxygen atoms in total. The van der Waals surface area contributed by atoms with Crippen LogP contribution in [0.3, 0.4) is 0 Å². The van der Waals surface area contributed by atoms with E-state index in [4.69, 9.17) is 26.2 Å². The topological polar surface area (TPSA) is 82.5 Å². The van der Waals surface area contributed by atoms with Crippen molar-refractivity contribution in [1.29, 1.82) is 0 Å². The average Bonchev–Trinajstić information content (AvgIpc) is 3.07. The third-order valence-electron chi connectivity index (χ3n) is 6.88. The quantitative estimate of drug-likeness (QED) is 0.641. The summed E-state index contributed by atoms with van der Waals surface area (Å²) in [6, 6.07) is 5.23. The summed E-state index contributed by atoms with van der Waals surface area (Å²) >= 11 is 6.14. The highest BCUT2D eigenvalue weighted by Gasteiger charge is 2.39. The molecular formula is C25H32ClN3O4. The number of hydrogen-bond acceptors (Lipinski definition) is 5. The number of hydrogen-bond donors (Lipinski definition) is 1. The molecule has 33 heavy (non-hydrogen) atoms. The first-order valence-electron chi connectivity index (χ1n) is 11.7. The molecule has 2 aliphatic heterocycles. The van der Waals surface area contributed by atoms with Gasteiger partial charge >= 0.3 is 5.97 Å². The Morgan fingerprint density at radius 1 is 1.36 bits per heavy atom. The van der Waals surface area contributed by atoms with E-state index in [9.17, 15) is 9.59 Å². The van der Waals surface area contributed by atoms with Crippen LogP contribution in [0.1, 0.15) is 64.4 Å². The molecule has 0 radical (unpaired) electrons. The van der Waals surface area contributed by atoms with E-state index in [0.717, 1.165) is 55.0 Å². The van der Waals surface area contributed by atoms with Gasteiger partial charge < -0.3 is 14.8 Å². The molecule has 178 valence electrons. The molecule has 4 rings (SSSR count). The third-order valence-corrected chi connectivity index (χ3v) is 7.29. The molecule has 3 heterocycles. The number of carbonyl (C=O) groups is 2. The highest BCUT2D eigenvalue weighted by atomic mass is 35.5. The molecule has 2 aliphatic rings. The lowest BCUT2D eigenvalue weighted by Gasteiger charge is -2.36. The number of halogens is 1. The molecule has 8 heteroatoms. The van der Waals surface area contributed by atoms with E-state index in [0.29, 0.717) is 30.1 Å². The van der Waals surface area contributed by atoms with E-state index < -0.39 is 0 Å². The largest absolute Gasteiger partial charge is 0.462 e. The van der Waals surface area contributed by atoms with Gasteiger partial charge in [0.25, 0.3) is 5.91 Å². The Morgan fingerprint density at radius 2 is 2.12 bits per heavy atom. The van der Waals surface area contributed by atoms with Crippen molar-refractivity contribution < 1.29 is 19.1 Å². The fraction of sp³-hybridized carbons (Fsp3) is 0.560. The summed E-state index contributed by atoms with van der Waals surface area (Å²) in [6.07, 6.45) is 3.33. The second-order valence-corrected chi connectivity index (χ2v) is 9.80. The van der Waals surface area contributed by atoms with Gasteiger partial charge in [0, 0.05) is 37.2 Å². The molecular weight excluding hydrogens is 442 g/mol. The van der Waals surface area contributed by atoms with Crippen LogP contribution >= 0.6 is 11.6 Å². The normalized spacial score (nSPS) is 18.4. The number of nitrogens with zero attached hydrogens (tertiary/aromatic N) is 2. The summed E-state index contributed by atoms with van der Waals surface area (Å²) in [6.45, 7) is 8.79. The van der Waals surface area contributed by atoms with Gasteiger partial charge in [-0.25, -0.2) is 4.79 Å². The SMILES string of the molecule is CCc1nn(C[C@@H](C)COC(=O)c2cccc(Cl)c2C)c2c1C(=O)NCC1(CCOCC1)C2. The molecule has 1 saturated heterocycles. The van der Waals surface area contributed by atoms with E-state index in [1.807, 2.05) is 25.5 Å². The molecule has 1 aromatic carbocycles. The Hall–Kier alpha value is -2.38. The van der Waals surface area contributed by atoms with E-state index in [2.05, 4.69) is 5.32 Å². The van der Waals surface area contributed by atoms with E-state index in [1.165, 1.54) is 0 Å². The van der Waals surface area contributed by atoms with E-state index in [1.54, 1.807) is 18.2 Å². The number of aryl methyl sites for hydroxylation is 1. The van der Waals surface area contributed by atoms with E-state index >= 15 is 0 Å². The zero-order valence-electron chi connectivity index (χ0n) is 19.6. The van der Waals surface area contributed by atoms with Crippen molar-refractivity contribution in [1.82, 2.24) is 15.1 Å². The first-order chi connectivity index (χ1) is 15.8. The molecule has 2 aromatic rings. The Bertz CT molecular complexity index is 1040. The molecule has 1 N–H and O–H groups in total. The highest BCUT2D eigenvalue weighted by molar-refractivity contribution is 6.31. The highest BCUT2D eigenvalue weighted by Crippen LogP contribution is 2.37. The summed E-state index contributed by atoms with van der Waals surface area (Å²) < 4.78 is 13.2. The molecule has 1 amide bonds. The van der Waals surface area contributed by atoms with Gasteiger partial charge in [-0.1, -0.05) is 31.5 Å². The van der Waals surface area contributed by atoms with Crippen molar-refractivity contribution in [3.05, 3.63) is 51.3 Å². The van der Waals surface area contributed by atoms with Gasteiger partial charge in [0.2, 0.25) is 0 Å². The summed E-state index contributed by atoms with van der Waals surface area (Å²) in [5, 5.41) is 8.49. The average molecular weight is 474 g/mol. The van der Waals surface area contributed by atoms with Crippen molar-refractivity contribution in [3.8, 4) is 0 Å². The van der Waals surface area contributed by atoms with Crippen LogP contribution in [0.2, 0.25) is 5.02 Å². The van der Waals surface area contributed by atoms with Crippen molar-refractivity contribution >= 4 is 23.5 Å². The minimum absolute atomic E-state index is 0.00175. The first-order valence-corrected chi connectivity index (χ1v) is 12.1. The van der Waals surface area contributed by atoms with Gasteiger partial charge in [0.05, 0.1) is 29.1 Å². The monoisotopic (exact) mass is 473 g/mol. The predicted octanol–water partition coefficient (Wildman–Crippen LogP) is 3.98. The lowest BCUT2D eigenvalue weighted by Crippen LogP contribution is -2.41. The zero-order valence-corrected chi connectivity index (χ0v) is 20.3. The number of ether oxygens (including phenoxy) is 2. The fourth-order valence-corrected chi connectivity index (χ4v) is 4.97. The number of amides is 1. The van der Waals surface area contributed by atoms with Crippen molar-refractivity contribution in [2.75, 3.05) is 26.4 Å². The molecule has 0 unspecified atom stereocenters. The van der Waals surface area contributed by atoms with Gasteiger partial charge in [-0.2, -0.15) is 5.10 Å². The Labute approximate surface area is 199 Å². The van der Waals surface area contributed by atoms with Crippen LogP contribution in [0.25, 0.3) is 0 Å². The second kappa shape index (κ2) is 9.85. The maximum absolute atomic E-state index is 13.0. The van der Waals surface area contributed by atoms with Crippen LogP contribution in [0.4, 0.5) is 0 Å². The fourth-order valence-electron chi connectivity index (χ4n) is 4.80. The third kappa shape index (κ3) is 4.94. The maximum atomic E-state index is 13.0. The standard InChI is InChI=1S/C25H32ClN3O4/c1-4-20-22-21(12-25(15-27-23(22)30)8-10-32-11-9-25)29(28-20)13-16(2)14-33-24(31)18-6-5-7-19(26)17(18)3/h5-7,16H,4,8-15H2,1-3H3,(H,27,30)/t16-/m1/s1. The summed E-state index contributed by atoms with van der Waals surface area (Å²) in [5.74, 6) is -0.387. The Morgan fingerprint density at radius 3 is 2.85 bits per heavy atom. The number of carbonyl (C=O) groups excluding carboxylic acids is 2. The summed E-state index contributed by atoms with van der Waals surface area (Å²) in [7, 11) is 0. The molecule has 1 spiro atoms. The minimum atomic E-state index is -0.379. The Kier molecular flexibility index (Phi) is 7.10.